The molecule has 3 N–H and O–H groups in total. The van der Waals surface area contributed by atoms with Crippen LogP contribution < -0.4 is 11.1 Å². The maximum Gasteiger partial charge on any atom is 0.417 e. The number of aliphatic hydroxyl groups is 1. The third kappa shape index (κ3) is 3.45. The van der Waals surface area contributed by atoms with Gasteiger partial charge in [-0.3, -0.25) is 9.78 Å². The number of nitrogens with one attached hydrogen (secondary N) is 2. The number of fused-ring (bicyclic) bond motifs is 1. The molecule has 6 heteroatoms. The third-order valence-electron chi connectivity index (χ3n) is 4.59. The van der Waals surface area contributed by atoms with Gasteiger partial charge in [-0.05, 0) is 23.3 Å². The molecule has 3 aromatic carbocycles. The fraction of sp³-hybridized carbons (Fsp3) is 0.0909. The normalized spacial score (nSPS) is 13.2. The molecule has 0 spiro atoms. The molecule has 0 aliphatic carbocycles. The van der Waals surface area contributed by atoms with E-state index in [0.717, 1.165) is 5.56 Å². The van der Waals surface area contributed by atoms with Crippen LogP contribution in [-0.2, 0) is 0 Å². The second kappa shape index (κ2) is 7.54. The van der Waals surface area contributed by atoms with Crippen molar-refractivity contribution in [1.29, 1.82) is 0 Å². The average Bonchev–Trinajstić information content (AvgIpc) is 3.12. The molecule has 0 aliphatic rings. The molecule has 140 valence electrons. The zero-order valence-corrected chi connectivity index (χ0v) is 14.8. The zero-order chi connectivity index (χ0) is 19.5. The zero-order valence-electron chi connectivity index (χ0n) is 14.8. The minimum atomic E-state index is -0.954. The predicted molar refractivity (Wildman–Crippen MR) is 105 cm³/mol. The molecular weight excluding hydrogens is 356 g/mol. The Morgan fingerprint density at radius 3 is 2.21 bits per heavy atom. The number of H-pyrrole nitrogens is 1. The molecule has 2 atom stereocenters. The molecule has 0 saturated carbocycles. The molecule has 28 heavy (non-hydrogen) atoms. The monoisotopic (exact) mass is 374 g/mol. The van der Waals surface area contributed by atoms with Crippen LogP contribution in [0.5, 0.6) is 0 Å². The molecule has 0 fully saturated rings. The predicted octanol–water partition coefficient (Wildman–Crippen LogP) is 3.33. The highest BCUT2D eigenvalue weighted by molar-refractivity contribution is 6.04. The van der Waals surface area contributed by atoms with Crippen LogP contribution in [0.25, 0.3) is 11.1 Å². The van der Waals surface area contributed by atoms with Crippen LogP contribution in [0.1, 0.15) is 33.6 Å². The van der Waals surface area contributed by atoms with E-state index in [9.17, 15) is 14.7 Å². The highest BCUT2D eigenvalue weighted by Crippen LogP contribution is 2.29. The Balaban J connectivity index is 1.71. The van der Waals surface area contributed by atoms with Crippen LogP contribution in [0.3, 0.4) is 0 Å². The van der Waals surface area contributed by atoms with Crippen molar-refractivity contribution in [2.24, 2.45) is 0 Å². The van der Waals surface area contributed by atoms with Crippen molar-refractivity contribution >= 4 is 17.0 Å². The van der Waals surface area contributed by atoms with Gasteiger partial charge in [0.25, 0.3) is 5.91 Å². The standard InChI is InChI=1S/C22H18N2O4/c25-19(15-10-5-2-6-11-15)18(14-8-3-1-4-9-14)24-21(26)16-12-7-13-17-20(16)28-22(27)23-17/h1-13,18-19,25H,(H,23,27)(H,24,26)/t18-,19+/m0/s1. The lowest BCUT2D eigenvalue weighted by molar-refractivity contribution is 0.0832. The van der Waals surface area contributed by atoms with Gasteiger partial charge >= 0.3 is 5.76 Å². The van der Waals surface area contributed by atoms with Gasteiger partial charge in [-0.2, -0.15) is 0 Å². The first-order valence-electron chi connectivity index (χ1n) is 8.84. The number of aromatic amines is 1. The molecule has 6 nitrogen and oxygen atoms in total. The molecule has 0 radical (unpaired) electrons. The van der Waals surface area contributed by atoms with Gasteiger partial charge in [-0.1, -0.05) is 66.7 Å². The number of hydrogen-bond acceptors (Lipinski definition) is 4. The molecule has 0 saturated heterocycles. The summed E-state index contributed by atoms with van der Waals surface area (Å²) in [5.41, 5.74) is 2.29. The second-order valence-corrected chi connectivity index (χ2v) is 6.41. The van der Waals surface area contributed by atoms with Crippen LogP contribution >= 0.6 is 0 Å². The summed E-state index contributed by atoms with van der Waals surface area (Å²) < 4.78 is 5.12. The minimum absolute atomic E-state index is 0.186. The maximum absolute atomic E-state index is 13.0. The number of aliphatic hydroxyl groups excluding tert-OH is 1. The highest BCUT2D eigenvalue weighted by Gasteiger charge is 2.26. The number of oxazole rings is 1. The van der Waals surface area contributed by atoms with E-state index in [1.165, 1.54) is 0 Å². The number of hydrogen-bond donors (Lipinski definition) is 3. The summed E-state index contributed by atoms with van der Waals surface area (Å²) in [6, 6.07) is 22.6. The molecule has 0 bridgehead atoms. The van der Waals surface area contributed by atoms with Gasteiger partial charge in [0, 0.05) is 0 Å². The van der Waals surface area contributed by atoms with Crippen LogP contribution in [0, 0.1) is 0 Å². The SMILES string of the molecule is O=C(N[C@@H](c1ccccc1)[C@H](O)c1ccccc1)c1cccc2[nH]c(=O)oc12. The molecular formula is C22H18N2O4. The van der Waals surface area contributed by atoms with Gasteiger partial charge in [-0.15, -0.1) is 0 Å². The van der Waals surface area contributed by atoms with Crippen LogP contribution in [-0.4, -0.2) is 16.0 Å². The number of carbonyl (C=O) groups is 1. The molecule has 0 aliphatic heterocycles. The lowest BCUT2D eigenvalue weighted by Crippen LogP contribution is -2.32. The van der Waals surface area contributed by atoms with Gasteiger partial charge in [0.2, 0.25) is 0 Å². The number of carbonyl (C=O) groups excluding carboxylic acids is 1. The molecule has 4 aromatic rings. The highest BCUT2D eigenvalue weighted by atomic mass is 16.4. The first-order valence-corrected chi connectivity index (χ1v) is 8.84. The van der Waals surface area contributed by atoms with Gasteiger partial charge in [0.05, 0.1) is 17.1 Å². The largest absolute Gasteiger partial charge is 0.417 e. The van der Waals surface area contributed by atoms with Crippen molar-refractivity contribution in [2.75, 3.05) is 0 Å². The van der Waals surface area contributed by atoms with Crippen LogP contribution in [0.15, 0.2) is 88.1 Å². The summed E-state index contributed by atoms with van der Waals surface area (Å²) >= 11 is 0. The third-order valence-corrected chi connectivity index (χ3v) is 4.59. The number of rotatable bonds is 5. The molecule has 4 rings (SSSR count). The van der Waals surface area contributed by atoms with Crippen LogP contribution in [0.2, 0.25) is 0 Å². The van der Waals surface area contributed by atoms with Crippen molar-refractivity contribution < 1.29 is 14.3 Å². The fourth-order valence-electron chi connectivity index (χ4n) is 3.22. The van der Waals surface area contributed by atoms with Gasteiger partial charge in [0.1, 0.15) is 6.10 Å². The molecule has 0 unspecified atom stereocenters. The van der Waals surface area contributed by atoms with E-state index in [0.29, 0.717) is 11.1 Å². The Bertz CT molecular complexity index is 1150. The Morgan fingerprint density at radius 1 is 0.893 bits per heavy atom. The number of benzene rings is 3. The topological polar surface area (TPSA) is 95.3 Å². The summed E-state index contributed by atoms with van der Waals surface area (Å²) in [7, 11) is 0. The summed E-state index contributed by atoms with van der Waals surface area (Å²) in [6.07, 6.45) is -0.954. The van der Waals surface area contributed by atoms with E-state index < -0.39 is 23.8 Å². The van der Waals surface area contributed by atoms with Crippen molar-refractivity contribution in [3.8, 4) is 0 Å². The fourth-order valence-corrected chi connectivity index (χ4v) is 3.22. The van der Waals surface area contributed by atoms with E-state index in [4.69, 9.17) is 4.42 Å². The van der Waals surface area contributed by atoms with Crippen molar-refractivity contribution in [3.05, 3.63) is 106 Å². The van der Waals surface area contributed by atoms with E-state index in [1.54, 1.807) is 30.3 Å². The van der Waals surface area contributed by atoms with E-state index in [1.807, 2.05) is 48.5 Å². The van der Waals surface area contributed by atoms with Crippen molar-refractivity contribution in [1.82, 2.24) is 10.3 Å². The second-order valence-electron chi connectivity index (χ2n) is 6.41. The average molecular weight is 374 g/mol. The molecule has 1 amide bonds. The quantitative estimate of drug-likeness (QED) is 0.499. The maximum atomic E-state index is 13.0. The number of amides is 1. The van der Waals surface area contributed by atoms with E-state index in [-0.39, 0.29) is 11.1 Å². The smallest absolute Gasteiger partial charge is 0.407 e. The Kier molecular flexibility index (Phi) is 4.78. The van der Waals surface area contributed by atoms with Crippen molar-refractivity contribution in [2.45, 2.75) is 12.1 Å². The summed E-state index contributed by atoms with van der Waals surface area (Å²) in [5.74, 6) is -1.07. The number of para-hydroxylation sites is 1. The Morgan fingerprint density at radius 2 is 1.54 bits per heavy atom. The molecule has 1 heterocycles. The summed E-state index contributed by atoms with van der Waals surface area (Å²) in [4.78, 5) is 27.0. The summed E-state index contributed by atoms with van der Waals surface area (Å²) in [6.45, 7) is 0. The van der Waals surface area contributed by atoms with Crippen LogP contribution in [0.4, 0.5) is 0 Å². The lowest BCUT2D eigenvalue weighted by Gasteiger charge is -2.25. The number of aromatic nitrogens is 1. The summed E-state index contributed by atoms with van der Waals surface area (Å²) in [5, 5.41) is 13.8. The van der Waals surface area contributed by atoms with Gasteiger partial charge in [0.15, 0.2) is 5.58 Å². The van der Waals surface area contributed by atoms with E-state index in [2.05, 4.69) is 10.3 Å². The van der Waals surface area contributed by atoms with Gasteiger partial charge in [-0.25, -0.2) is 4.79 Å². The lowest BCUT2D eigenvalue weighted by atomic mass is 9.95. The van der Waals surface area contributed by atoms with Gasteiger partial charge < -0.3 is 14.8 Å². The Labute approximate surface area is 160 Å². The first-order chi connectivity index (χ1) is 13.6. The minimum Gasteiger partial charge on any atom is -0.407 e. The Hall–Kier alpha value is -3.64. The first kappa shape index (κ1) is 17.8. The molecule has 1 aromatic heterocycles. The van der Waals surface area contributed by atoms with Crippen molar-refractivity contribution in [3.63, 3.8) is 0 Å². The van der Waals surface area contributed by atoms with E-state index >= 15 is 0 Å².